The third-order valence-corrected chi connectivity index (χ3v) is 5.98. The van der Waals surface area contributed by atoms with Gasteiger partial charge >= 0.3 is 10.1 Å². The van der Waals surface area contributed by atoms with E-state index in [1.165, 1.54) is 37.5 Å². The highest BCUT2D eigenvalue weighted by atomic mass is 35.5. The summed E-state index contributed by atoms with van der Waals surface area (Å²) in [6, 6.07) is 18.9. The summed E-state index contributed by atoms with van der Waals surface area (Å²) in [5.74, 6) is -0.542. The summed E-state index contributed by atoms with van der Waals surface area (Å²) < 4.78 is 35.9. The van der Waals surface area contributed by atoms with Crippen LogP contribution < -0.4 is 14.2 Å². The zero-order chi connectivity index (χ0) is 24.0. The molecule has 0 radical (unpaired) electrons. The van der Waals surface area contributed by atoms with E-state index in [4.69, 9.17) is 20.5 Å². The first-order chi connectivity index (χ1) is 15.7. The minimum Gasteiger partial charge on any atom is -0.493 e. The fourth-order valence-electron chi connectivity index (χ4n) is 2.77. The Morgan fingerprint density at radius 2 is 1.70 bits per heavy atom. The van der Waals surface area contributed by atoms with Crippen LogP contribution in [0.2, 0.25) is 5.02 Å². The molecule has 33 heavy (non-hydrogen) atoms. The Bertz CT molecular complexity index is 1340. The van der Waals surface area contributed by atoms with Crippen LogP contribution in [-0.4, -0.2) is 21.4 Å². The van der Waals surface area contributed by atoms with Gasteiger partial charge in [0, 0.05) is 10.7 Å². The topological polar surface area (TPSA) is 105 Å². The number of ether oxygens (including phenoxy) is 1. The quantitative estimate of drug-likeness (QED) is 0.289. The highest BCUT2D eigenvalue weighted by Gasteiger charge is 2.20. The van der Waals surface area contributed by atoms with E-state index in [9.17, 15) is 18.5 Å². The molecule has 1 N–H and O–H groups in total. The molecule has 9 heteroatoms. The van der Waals surface area contributed by atoms with Gasteiger partial charge < -0.3 is 14.2 Å². The Labute approximate surface area is 197 Å². The second kappa shape index (κ2) is 10.2. The molecule has 0 aliphatic carbocycles. The van der Waals surface area contributed by atoms with E-state index >= 15 is 0 Å². The van der Waals surface area contributed by atoms with Gasteiger partial charge in [-0.05, 0) is 67.1 Å². The number of anilines is 1. The second-order valence-electron chi connectivity index (χ2n) is 6.89. The zero-order valence-electron chi connectivity index (χ0n) is 17.7. The van der Waals surface area contributed by atoms with Gasteiger partial charge in [-0.15, -0.1) is 0 Å². The number of carbonyl (C=O) groups is 1. The van der Waals surface area contributed by atoms with Crippen molar-refractivity contribution in [1.29, 1.82) is 5.26 Å². The van der Waals surface area contributed by atoms with E-state index < -0.39 is 16.0 Å². The first-order valence-electron chi connectivity index (χ1n) is 9.60. The van der Waals surface area contributed by atoms with Gasteiger partial charge in [-0.3, -0.25) is 4.79 Å². The fourth-order valence-corrected chi connectivity index (χ4v) is 3.82. The van der Waals surface area contributed by atoms with Crippen molar-refractivity contribution in [3.8, 4) is 17.6 Å². The molecular formula is C24H19ClN2O5S. The molecule has 0 fully saturated rings. The van der Waals surface area contributed by atoms with Gasteiger partial charge in [0.2, 0.25) is 0 Å². The number of nitrogens with one attached hydrogen (secondary N) is 1. The van der Waals surface area contributed by atoms with E-state index in [2.05, 4.69) is 5.32 Å². The van der Waals surface area contributed by atoms with Crippen LogP contribution in [0.3, 0.4) is 0 Å². The first-order valence-corrected chi connectivity index (χ1v) is 11.4. The van der Waals surface area contributed by atoms with Crippen LogP contribution in [-0.2, 0) is 14.9 Å². The van der Waals surface area contributed by atoms with E-state index in [-0.39, 0.29) is 22.0 Å². The predicted molar refractivity (Wildman–Crippen MR) is 126 cm³/mol. The van der Waals surface area contributed by atoms with Gasteiger partial charge in [0.1, 0.15) is 16.5 Å². The third-order valence-electron chi connectivity index (χ3n) is 4.48. The molecule has 7 nitrogen and oxygen atoms in total. The predicted octanol–water partition coefficient (Wildman–Crippen LogP) is 4.97. The highest BCUT2D eigenvalue weighted by molar-refractivity contribution is 7.87. The maximum atomic E-state index is 12.7. The van der Waals surface area contributed by atoms with Gasteiger partial charge in [-0.25, -0.2) is 0 Å². The molecule has 0 bridgehead atoms. The number of amides is 1. The summed E-state index contributed by atoms with van der Waals surface area (Å²) in [5, 5.41) is 12.6. The maximum Gasteiger partial charge on any atom is 0.339 e. The minimum atomic E-state index is -4.13. The van der Waals surface area contributed by atoms with E-state index in [1.807, 2.05) is 13.0 Å². The van der Waals surface area contributed by atoms with E-state index in [0.717, 1.165) is 5.56 Å². The molecule has 168 valence electrons. The molecule has 0 heterocycles. The van der Waals surface area contributed by atoms with Crippen molar-refractivity contribution < 1.29 is 22.1 Å². The number of benzene rings is 3. The molecule has 0 spiro atoms. The van der Waals surface area contributed by atoms with Crippen LogP contribution in [0.1, 0.15) is 11.1 Å². The SMILES string of the molecule is COc1ccc(/C=C(\C#N)C(=O)Nc2ccc(Cl)cc2)cc1OS(=O)(=O)c1ccc(C)cc1. The number of aryl methyl sites for hydroxylation is 1. The van der Waals surface area contributed by atoms with Crippen LogP contribution >= 0.6 is 11.6 Å². The van der Waals surface area contributed by atoms with Crippen molar-refractivity contribution in [2.24, 2.45) is 0 Å². The molecule has 0 saturated heterocycles. The molecule has 1 amide bonds. The molecule has 3 aromatic rings. The van der Waals surface area contributed by atoms with Gasteiger partial charge in [0.05, 0.1) is 7.11 Å². The average molecular weight is 483 g/mol. The summed E-state index contributed by atoms with van der Waals surface area (Å²) in [6.07, 6.45) is 1.32. The summed E-state index contributed by atoms with van der Waals surface area (Å²) in [5.41, 5.74) is 1.54. The first kappa shape index (κ1) is 23.9. The van der Waals surface area contributed by atoms with E-state index in [1.54, 1.807) is 42.5 Å². The lowest BCUT2D eigenvalue weighted by Crippen LogP contribution is -2.13. The lowest BCUT2D eigenvalue weighted by molar-refractivity contribution is -0.112. The van der Waals surface area contributed by atoms with Crippen molar-refractivity contribution in [1.82, 2.24) is 0 Å². The van der Waals surface area contributed by atoms with Crippen molar-refractivity contribution in [3.05, 3.63) is 88.5 Å². The van der Waals surface area contributed by atoms with Crippen molar-refractivity contribution >= 4 is 39.4 Å². The molecule has 0 saturated carbocycles. The molecule has 0 atom stereocenters. The standard InChI is InChI=1S/C24H19ClN2O5S/c1-16-3-10-21(11-4-16)33(29,30)32-23-14-17(5-12-22(23)31-2)13-18(15-26)24(28)27-20-8-6-19(25)7-9-20/h3-14H,1-2H3,(H,27,28)/b18-13+. The monoisotopic (exact) mass is 482 g/mol. The van der Waals surface area contributed by atoms with Gasteiger partial charge in [-0.1, -0.05) is 35.4 Å². The number of hydrogen-bond donors (Lipinski definition) is 1. The van der Waals surface area contributed by atoms with Gasteiger partial charge in [0.15, 0.2) is 11.5 Å². The van der Waals surface area contributed by atoms with Crippen molar-refractivity contribution in [2.45, 2.75) is 11.8 Å². The van der Waals surface area contributed by atoms with Crippen LogP contribution in [0, 0.1) is 18.3 Å². The largest absolute Gasteiger partial charge is 0.493 e. The number of nitrogens with zero attached hydrogens (tertiary/aromatic N) is 1. The number of carbonyl (C=O) groups excluding carboxylic acids is 1. The maximum absolute atomic E-state index is 12.7. The van der Waals surface area contributed by atoms with E-state index in [0.29, 0.717) is 16.3 Å². The number of hydrogen-bond acceptors (Lipinski definition) is 6. The van der Waals surface area contributed by atoms with Crippen LogP contribution in [0.4, 0.5) is 5.69 Å². The molecule has 0 unspecified atom stereocenters. The Kier molecular flexibility index (Phi) is 7.38. The third kappa shape index (κ3) is 6.13. The number of rotatable bonds is 7. The summed E-state index contributed by atoms with van der Waals surface area (Å²) in [4.78, 5) is 12.5. The summed E-state index contributed by atoms with van der Waals surface area (Å²) in [6.45, 7) is 1.84. The molecule has 0 aromatic heterocycles. The number of nitriles is 1. The Morgan fingerprint density at radius 1 is 1.03 bits per heavy atom. The summed E-state index contributed by atoms with van der Waals surface area (Å²) in [7, 11) is -2.76. The molecular weight excluding hydrogens is 464 g/mol. The normalized spacial score (nSPS) is 11.4. The molecule has 3 rings (SSSR count). The molecule has 0 aliphatic heterocycles. The molecule has 0 aliphatic rings. The smallest absolute Gasteiger partial charge is 0.339 e. The highest BCUT2D eigenvalue weighted by Crippen LogP contribution is 2.31. The summed E-state index contributed by atoms with van der Waals surface area (Å²) >= 11 is 5.84. The average Bonchev–Trinajstić information content (AvgIpc) is 2.79. The molecule has 3 aromatic carbocycles. The van der Waals surface area contributed by atoms with Crippen molar-refractivity contribution in [2.75, 3.05) is 12.4 Å². The fraction of sp³-hybridized carbons (Fsp3) is 0.0833. The Balaban J connectivity index is 1.89. The van der Waals surface area contributed by atoms with Gasteiger partial charge in [0.25, 0.3) is 5.91 Å². The lowest BCUT2D eigenvalue weighted by atomic mass is 10.1. The van der Waals surface area contributed by atoms with Crippen LogP contribution in [0.25, 0.3) is 6.08 Å². The van der Waals surface area contributed by atoms with Gasteiger partial charge in [-0.2, -0.15) is 13.7 Å². The van der Waals surface area contributed by atoms with Crippen LogP contribution in [0.5, 0.6) is 11.5 Å². The number of halogens is 1. The Morgan fingerprint density at radius 3 is 2.30 bits per heavy atom. The van der Waals surface area contributed by atoms with Crippen LogP contribution in [0.15, 0.2) is 77.2 Å². The number of methoxy groups -OCH3 is 1. The Hall–Kier alpha value is -3.80. The second-order valence-corrected chi connectivity index (χ2v) is 8.87. The lowest BCUT2D eigenvalue weighted by Gasteiger charge is -2.12. The minimum absolute atomic E-state index is 0.0174. The van der Waals surface area contributed by atoms with Crippen molar-refractivity contribution in [3.63, 3.8) is 0 Å². The zero-order valence-corrected chi connectivity index (χ0v) is 19.3.